The van der Waals surface area contributed by atoms with Crippen LogP contribution in [0.2, 0.25) is 0 Å². The third-order valence-electron chi connectivity index (χ3n) is 5.00. The first-order valence-electron chi connectivity index (χ1n) is 9.61. The topological polar surface area (TPSA) is 49.8 Å². The smallest absolute Gasteiger partial charge is 0.410 e. The number of ether oxygens (including phenoxy) is 1. The number of amides is 1. The summed E-state index contributed by atoms with van der Waals surface area (Å²) in [6.45, 7) is 6.06. The molecule has 0 aliphatic rings. The number of nitrogens with zero attached hydrogens (tertiary/aromatic N) is 1. The molecule has 0 spiro atoms. The lowest BCUT2D eigenvalue weighted by molar-refractivity contribution is 0.0202. The maximum Gasteiger partial charge on any atom is 0.410 e. The highest BCUT2D eigenvalue weighted by atomic mass is 16.6. The van der Waals surface area contributed by atoms with Crippen LogP contribution in [-0.2, 0) is 11.3 Å². The summed E-state index contributed by atoms with van der Waals surface area (Å²) in [4.78, 5) is 14.2. The molecule has 144 valence electrons. The zero-order valence-electron chi connectivity index (χ0n) is 16.5. The van der Waals surface area contributed by atoms with E-state index in [1.54, 1.807) is 4.90 Å². The van der Waals surface area contributed by atoms with Crippen molar-refractivity contribution in [1.29, 1.82) is 0 Å². The SMILES string of the molecule is CC(C)(C)OC(=O)N(CCO)Cc1ccc2ccc3cccc4ccc1c2c34. The van der Waals surface area contributed by atoms with Crippen molar-refractivity contribution in [3.63, 3.8) is 0 Å². The number of rotatable bonds is 4. The first-order chi connectivity index (χ1) is 13.4. The molecule has 0 saturated carbocycles. The number of hydrogen-bond donors (Lipinski definition) is 1. The molecule has 28 heavy (non-hydrogen) atoms. The maximum absolute atomic E-state index is 12.6. The lowest BCUT2D eigenvalue weighted by atomic mass is 9.92. The monoisotopic (exact) mass is 375 g/mol. The van der Waals surface area contributed by atoms with Crippen molar-refractivity contribution in [2.24, 2.45) is 0 Å². The van der Waals surface area contributed by atoms with Gasteiger partial charge in [0.05, 0.1) is 6.61 Å². The molecule has 4 nitrogen and oxygen atoms in total. The fraction of sp³-hybridized carbons (Fsp3) is 0.292. The molecular weight excluding hydrogens is 350 g/mol. The van der Waals surface area contributed by atoms with Gasteiger partial charge in [0.2, 0.25) is 0 Å². The van der Waals surface area contributed by atoms with Crippen LogP contribution in [0, 0.1) is 0 Å². The zero-order chi connectivity index (χ0) is 19.9. The number of hydrogen-bond acceptors (Lipinski definition) is 3. The Kier molecular flexibility index (Phi) is 4.60. The van der Waals surface area contributed by atoms with E-state index < -0.39 is 11.7 Å². The molecule has 0 aliphatic heterocycles. The third-order valence-corrected chi connectivity index (χ3v) is 5.00. The van der Waals surface area contributed by atoms with E-state index in [4.69, 9.17) is 4.74 Å². The van der Waals surface area contributed by atoms with Gasteiger partial charge in [0.1, 0.15) is 5.60 Å². The fourth-order valence-electron chi connectivity index (χ4n) is 3.82. The third kappa shape index (κ3) is 3.36. The molecule has 1 amide bonds. The molecule has 0 unspecified atom stereocenters. The van der Waals surface area contributed by atoms with Gasteiger partial charge in [0.25, 0.3) is 0 Å². The van der Waals surface area contributed by atoms with Gasteiger partial charge >= 0.3 is 6.09 Å². The second-order valence-corrected chi connectivity index (χ2v) is 8.21. The van der Waals surface area contributed by atoms with Crippen molar-refractivity contribution in [3.05, 3.63) is 60.2 Å². The lowest BCUT2D eigenvalue weighted by Gasteiger charge is -2.27. The minimum absolute atomic E-state index is 0.106. The van der Waals surface area contributed by atoms with Crippen molar-refractivity contribution in [1.82, 2.24) is 4.90 Å². The average Bonchev–Trinajstić information content (AvgIpc) is 2.65. The van der Waals surface area contributed by atoms with E-state index in [-0.39, 0.29) is 13.2 Å². The van der Waals surface area contributed by atoms with E-state index in [0.717, 1.165) is 10.9 Å². The van der Waals surface area contributed by atoms with Crippen molar-refractivity contribution in [3.8, 4) is 0 Å². The van der Waals surface area contributed by atoms with Crippen LogP contribution in [0.3, 0.4) is 0 Å². The molecular formula is C24H25NO3. The molecule has 0 atom stereocenters. The van der Waals surface area contributed by atoms with Crippen LogP contribution in [0.15, 0.2) is 54.6 Å². The van der Waals surface area contributed by atoms with Gasteiger partial charge in [-0.3, -0.25) is 0 Å². The fourth-order valence-corrected chi connectivity index (χ4v) is 3.82. The van der Waals surface area contributed by atoms with Crippen LogP contribution in [0.5, 0.6) is 0 Å². The van der Waals surface area contributed by atoms with Crippen LogP contribution in [-0.4, -0.2) is 34.9 Å². The van der Waals surface area contributed by atoms with Crippen LogP contribution in [0.1, 0.15) is 26.3 Å². The summed E-state index contributed by atoms with van der Waals surface area (Å²) in [6.07, 6.45) is -0.410. The van der Waals surface area contributed by atoms with Crippen LogP contribution < -0.4 is 0 Å². The predicted molar refractivity (Wildman–Crippen MR) is 114 cm³/mol. The minimum atomic E-state index is -0.576. The summed E-state index contributed by atoms with van der Waals surface area (Å²) in [5.41, 5.74) is 0.470. The maximum atomic E-state index is 12.6. The second kappa shape index (κ2) is 6.95. The highest BCUT2D eigenvalue weighted by Crippen LogP contribution is 2.36. The largest absolute Gasteiger partial charge is 0.444 e. The molecule has 0 heterocycles. The van der Waals surface area contributed by atoms with Gasteiger partial charge in [-0.1, -0.05) is 54.6 Å². The van der Waals surface area contributed by atoms with Gasteiger partial charge in [-0.25, -0.2) is 4.79 Å². The molecule has 0 radical (unpaired) electrons. The van der Waals surface area contributed by atoms with E-state index in [1.807, 2.05) is 20.8 Å². The van der Waals surface area contributed by atoms with E-state index in [2.05, 4.69) is 54.6 Å². The molecule has 4 aromatic rings. The molecule has 4 heteroatoms. The van der Waals surface area contributed by atoms with Gasteiger partial charge in [-0.15, -0.1) is 0 Å². The van der Waals surface area contributed by atoms with Gasteiger partial charge < -0.3 is 14.7 Å². The van der Waals surface area contributed by atoms with Crippen LogP contribution in [0.4, 0.5) is 4.79 Å². The number of aliphatic hydroxyl groups excluding tert-OH is 1. The summed E-state index contributed by atoms with van der Waals surface area (Å²) in [7, 11) is 0. The van der Waals surface area contributed by atoms with Crippen molar-refractivity contribution in [2.75, 3.05) is 13.2 Å². The Morgan fingerprint density at radius 2 is 1.54 bits per heavy atom. The standard InChI is InChI=1S/C24H25NO3/c1-24(2,3)28-23(27)25(13-14-26)15-19-10-9-18-8-7-16-5-4-6-17-11-12-20(19)22(18)21(16)17/h4-12,26H,13-15H2,1-3H3. The number of carbonyl (C=O) groups excluding carboxylic acids is 1. The van der Waals surface area contributed by atoms with E-state index in [0.29, 0.717) is 6.54 Å². The average molecular weight is 375 g/mol. The van der Waals surface area contributed by atoms with Gasteiger partial charge in [0.15, 0.2) is 0 Å². The molecule has 0 aliphatic carbocycles. The van der Waals surface area contributed by atoms with E-state index >= 15 is 0 Å². The lowest BCUT2D eigenvalue weighted by Crippen LogP contribution is -2.38. The highest BCUT2D eigenvalue weighted by Gasteiger charge is 2.23. The van der Waals surface area contributed by atoms with Crippen molar-refractivity contribution in [2.45, 2.75) is 32.9 Å². The summed E-state index contributed by atoms with van der Waals surface area (Å²) in [5, 5.41) is 16.7. The Hall–Kier alpha value is -2.85. The molecule has 0 fully saturated rings. The number of carbonyl (C=O) groups is 1. The summed E-state index contributed by atoms with van der Waals surface area (Å²) < 4.78 is 5.53. The summed E-state index contributed by atoms with van der Waals surface area (Å²) >= 11 is 0. The second-order valence-electron chi connectivity index (χ2n) is 8.21. The molecule has 0 bridgehead atoms. The van der Waals surface area contributed by atoms with Crippen LogP contribution >= 0.6 is 0 Å². The minimum Gasteiger partial charge on any atom is -0.444 e. The normalized spacial score (nSPS) is 12.1. The summed E-state index contributed by atoms with van der Waals surface area (Å²) in [5.74, 6) is 0. The Balaban J connectivity index is 1.80. The zero-order valence-corrected chi connectivity index (χ0v) is 16.5. The Bertz CT molecular complexity index is 1130. The van der Waals surface area contributed by atoms with E-state index in [1.165, 1.54) is 26.9 Å². The number of aliphatic hydroxyl groups is 1. The van der Waals surface area contributed by atoms with Gasteiger partial charge in [-0.2, -0.15) is 0 Å². The first-order valence-corrected chi connectivity index (χ1v) is 9.61. The van der Waals surface area contributed by atoms with Crippen molar-refractivity contribution < 1.29 is 14.6 Å². The molecule has 4 rings (SSSR count). The van der Waals surface area contributed by atoms with Gasteiger partial charge in [-0.05, 0) is 58.7 Å². The molecule has 0 saturated heterocycles. The van der Waals surface area contributed by atoms with Crippen molar-refractivity contribution >= 4 is 38.4 Å². The highest BCUT2D eigenvalue weighted by molar-refractivity contribution is 6.23. The number of benzene rings is 4. The Labute approximate surface area is 164 Å². The molecule has 1 N–H and O–H groups in total. The van der Waals surface area contributed by atoms with Gasteiger partial charge in [0, 0.05) is 13.1 Å². The van der Waals surface area contributed by atoms with Crippen LogP contribution in [0.25, 0.3) is 32.3 Å². The summed E-state index contributed by atoms with van der Waals surface area (Å²) in [6, 6.07) is 19.1. The predicted octanol–water partition coefficient (Wildman–Crippen LogP) is 5.31. The molecule has 0 aromatic heterocycles. The van der Waals surface area contributed by atoms with E-state index in [9.17, 15) is 9.90 Å². The quantitative estimate of drug-likeness (QED) is 0.492. The molecule has 4 aromatic carbocycles. The first kappa shape index (κ1) is 18.5. The Morgan fingerprint density at radius 1 is 0.929 bits per heavy atom. The Morgan fingerprint density at radius 3 is 2.18 bits per heavy atom.